The Labute approximate surface area is 130 Å². The summed E-state index contributed by atoms with van der Waals surface area (Å²) in [6, 6.07) is 8.36. The van der Waals surface area contributed by atoms with Crippen LogP contribution in [0.2, 0.25) is 0 Å². The molecule has 0 fully saturated rings. The lowest BCUT2D eigenvalue weighted by atomic mass is 10.2. The van der Waals surface area contributed by atoms with Gasteiger partial charge >= 0.3 is 0 Å². The summed E-state index contributed by atoms with van der Waals surface area (Å²) >= 11 is 1.74. The van der Waals surface area contributed by atoms with Crippen LogP contribution in [0.25, 0.3) is 12.2 Å². The molecule has 0 aromatic heterocycles. The van der Waals surface area contributed by atoms with Gasteiger partial charge in [-0.2, -0.15) is 0 Å². The minimum absolute atomic E-state index is 1.31. The zero-order chi connectivity index (χ0) is 15.8. The predicted molar refractivity (Wildman–Crippen MR) is 99.4 cm³/mol. The summed E-state index contributed by atoms with van der Waals surface area (Å²) in [7, 11) is 0. The molecule has 0 aliphatic heterocycles. The normalized spacial score (nSPS) is 12.7. The first kappa shape index (κ1) is 21.1. The molecule has 0 spiro atoms. The molecular formula is C19H30S. The van der Waals surface area contributed by atoms with Crippen LogP contribution in [0.4, 0.5) is 0 Å². The van der Waals surface area contributed by atoms with E-state index in [1.165, 1.54) is 16.0 Å². The highest BCUT2D eigenvalue weighted by Crippen LogP contribution is 2.02. The van der Waals surface area contributed by atoms with Crippen molar-refractivity contribution in [2.75, 3.05) is 6.26 Å². The number of thioether (sulfide) groups is 1. The Morgan fingerprint density at radius 2 is 1.40 bits per heavy atom. The maximum Gasteiger partial charge on any atom is -0.0142 e. The summed E-state index contributed by atoms with van der Waals surface area (Å²) in [6.45, 7) is 12.2. The minimum atomic E-state index is 1.31. The maximum atomic E-state index is 2.12. The van der Waals surface area contributed by atoms with Gasteiger partial charge in [-0.3, -0.25) is 0 Å². The van der Waals surface area contributed by atoms with Crippen LogP contribution in [-0.4, -0.2) is 6.26 Å². The number of hydrogen-bond acceptors (Lipinski definition) is 1. The molecule has 0 heterocycles. The summed E-state index contributed by atoms with van der Waals surface area (Å²) in [5.41, 5.74) is 1.32. The predicted octanol–water partition coefficient (Wildman–Crippen LogP) is 5.14. The summed E-state index contributed by atoms with van der Waals surface area (Å²) in [5, 5.41) is 4.75. The van der Waals surface area contributed by atoms with E-state index in [4.69, 9.17) is 0 Å². The third kappa shape index (κ3) is 10.7. The van der Waals surface area contributed by atoms with E-state index in [2.05, 4.69) is 74.9 Å². The highest BCUT2D eigenvalue weighted by atomic mass is 32.2. The number of hydrogen-bond donors (Lipinski definition) is 0. The maximum absolute atomic E-state index is 2.12. The average Bonchev–Trinajstić information content (AvgIpc) is 2.50. The van der Waals surface area contributed by atoms with Gasteiger partial charge in [0.1, 0.15) is 0 Å². The smallest absolute Gasteiger partial charge is 0.0142 e. The molecule has 0 nitrogen and oxygen atoms in total. The number of allylic oxidation sites excluding steroid dienone is 3. The Bertz CT molecular complexity index is 460. The molecule has 0 radical (unpaired) electrons. The van der Waals surface area contributed by atoms with Gasteiger partial charge in [-0.15, -0.1) is 11.8 Å². The topological polar surface area (TPSA) is 0 Å². The number of benzene rings is 1. The molecule has 112 valence electrons. The summed E-state index contributed by atoms with van der Waals surface area (Å²) in [4.78, 5) is 0. The van der Waals surface area contributed by atoms with Crippen molar-refractivity contribution in [2.45, 2.75) is 41.5 Å². The SMILES string of the molecule is C/C=C\C(C)=C/SC.C/C=c1/cccc/c1=C/C.CC. The van der Waals surface area contributed by atoms with Crippen LogP contribution in [0, 0.1) is 0 Å². The molecule has 0 bridgehead atoms. The van der Waals surface area contributed by atoms with Crippen LogP contribution < -0.4 is 10.4 Å². The van der Waals surface area contributed by atoms with Crippen LogP contribution in [0.1, 0.15) is 41.5 Å². The molecule has 1 heteroatoms. The van der Waals surface area contributed by atoms with Gasteiger partial charge in [0.2, 0.25) is 0 Å². The highest BCUT2D eigenvalue weighted by Gasteiger charge is 1.77. The summed E-state index contributed by atoms with van der Waals surface area (Å²) in [5.74, 6) is 0. The van der Waals surface area contributed by atoms with Crippen molar-refractivity contribution in [2.24, 2.45) is 0 Å². The average molecular weight is 291 g/mol. The number of rotatable bonds is 2. The second-order valence-electron chi connectivity index (χ2n) is 3.80. The van der Waals surface area contributed by atoms with Gasteiger partial charge in [0.15, 0.2) is 0 Å². The Hall–Kier alpha value is -1.21. The second-order valence-corrected chi connectivity index (χ2v) is 4.51. The van der Waals surface area contributed by atoms with Crippen LogP contribution in [0.3, 0.4) is 0 Å². The molecule has 1 rings (SSSR count). The Morgan fingerprint density at radius 3 is 1.70 bits per heavy atom. The van der Waals surface area contributed by atoms with Gasteiger partial charge in [-0.25, -0.2) is 0 Å². The largest absolute Gasteiger partial charge is 0.137 e. The van der Waals surface area contributed by atoms with Crippen molar-refractivity contribution in [3.05, 3.63) is 57.8 Å². The minimum Gasteiger partial charge on any atom is -0.137 e. The first-order chi connectivity index (χ1) is 9.69. The fourth-order valence-electron chi connectivity index (χ4n) is 1.52. The standard InChI is InChI=1S/C10H12.C7H12S.C2H6/c1-3-9-7-5-6-8-10(9)4-2;1-4-5-7(2)6-8-3;1-2/h3-8H,1-2H3;4-6H,1-3H3;1-2H3/b9-3-,10-4-;5-4-,7-6-;. The van der Waals surface area contributed by atoms with E-state index < -0.39 is 0 Å². The van der Waals surface area contributed by atoms with E-state index in [1.807, 2.05) is 26.8 Å². The van der Waals surface area contributed by atoms with E-state index in [0.29, 0.717) is 0 Å². The zero-order valence-electron chi connectivity index (χ0n) is 14.1. The summed E-state index contributed by atoms with van der Waals surface area (Å²) < 4.78 is 0. The quantitative estimate of drug-likeness (QED) is 0.679. The van der Waals surface area contributed by atoms with E-state index in [9.17, 15) is 0 Å². The van der Waals surface area contributed by atoms with Crippen molar-refractivity contribution in [1.82, 2.24) is 0 Å². The third-order valence-electron chi connectivity index (χ3n) is 2.35. The van der Waals surface area contributed by atoms with Gasteiger partial charge in [-0.05, 0) is 55.4 Å². The molecule has 0 amide bonds. The molecule has 0 atom stereocenters. The van der Waals surface area contributed by atoms with Crippen molar-refractivity contribution in [1.29, 1.82) is 0 Å². The van der Waals surface area contributed by atoms with Crippen molar-refractivity contribution in [3.63, 3.8) is 0 Å². The van der Waals surface area contributed by atoms with E-state index in [-0.39, 0.29) is 0 Å². The van der Waals surface area contributed by atoms with Crippen molar-refractivity contribution < 1.29 is 0 Å². The third-order valence-corrected chi connectivity index (χ3v) is 2.96. The lowest BCUT2D eigenvalue weighted by Gasteiger charge is -1.85. The molecular weight excluding hydrogens is 260 g/mol. The van der Waals surface area contributed by atoms with E-state index in [1.54, 1.807) is 11.8 Å². The highest BCUT2D eigenvalue weighted by molar-refractivity contribution is 8.01. The van der Waals surface area contributed by atoms with Gasteiger partial charge in [-0.1, -0.05) is 62.4 Å². The van der Waals surface area contributed by atoms with Gasteiger partial charge < -0.3 is 0 Å². The zero-order valence-corrected chi connectivity index (χ0v) is 14.9. The lowest BCUT2D eigenvalue weighted by Crippen LogP contribution is -2.22. The molecule has 1 aromatic carbocycles. The summed E-state index contributed by atoms with van der Waals surface area (Å²) in [6.07, 6.45) is 10.4. The van der Waals surface area contributed by atoms with Gasteiger partial charge in [0, 0.05) is 0 Å². The molecule has 20 heavy (non-hydrogen) atoms. The Balaban J connectivity index is 0. The van der Waals surface area contributed by atoms with Crippen LogP contribution in [0.15, 0.2) is 47.4 Å². The molecule has 0 aliphatic rings. The van der Waals surface area contributed by atoms with Crippen LogP contribution >= 0.6 is 11.8 Å². The van der Waals surface area contributed by atoms with Gasteiger partial charge in [0.25, 0.3) is 0 Å². The fraction of sp³-hybridized carbons (Fsp3) is 0.368. The molecule has 0 saturated carbocycles. The van der Waals surface area contributed by atoms with Crippen molar-refractivity contribution >= 4 is 23.9 Å². The molecule has 1 aromatic rings. The Kier molecular flexibility index (Phi) is 16.7. The molecule has 0 N–H and O–H groups in total. The molecule has 0 aliphatic carbocycles. The van der Waals surface area contributed by atoms with E-state index >= 15 is 0 Å². The lowest BCUT2D eigenvalue weighted by molar-refractivity contribution is 1.50. The van der Waals surface area contributed by atoms with Gasteiger partial charge in [0.05, 0.1) is 0 Å². The van der Waals surface area contributed by atoms with E-state index in [0.717, 1.165) is 0 Å². The van der Waals surface area contributed by atoms with Crippen LogP contribution in [-0.2, 0) is 0 Å². The fourth-order valence-corrected chi connectivity index (χ4v) is 1.98. The first-order valence-corrected chi connectivity index (χ1v) is 8.48. The Morgan fingerprint density at radius 1 is 0.950 bits per heavy atom. The molecule has 0 unspecified atom stereocenters. The molecule has 0 saturated heterocycles. The first-order valence-electron chi connectivity index (χ1n) is 7.19. The monoisotopic (exact) mass is 290 g/mol. The second kappa shape index (κ2) is 15.8. The van der Waals surface area contributed by atoms with Crippen LogP contribution in [0.5, 0.6) is 0 Å². The van der Waals surface area contributed by atoms with Crippen molar-refractivity contribution in [3.8, 4) is 0 Å².